The van der Waals surface area contributed by atoms with Gasteiger partial charge in [-0.1, -0.05) is 35.9 Å². The summed E-state index contributed by atoms with van der Waals surface area (Å²) >= 11 is 6.93. The minimum absolute atomic E-state index is 0.0489. The van der Waals surface area contributed by atoms with Gasteiger partial charge in [-0.25, -0.2) is 4.39 Å². The van der Waals surface area contributed by atoms with Gasteiger partial charge in [0.05, 0.1) is 24.8 Å². The third-order valence-corrected chi connectivity index (χ3v) is 11.3. The standard InChI is InChI=1S/C36H39ClFN5O3/c37-31-13-30-34(33(38)32(31)29-12-27(44)11-21-3-1-2-4-28(21)29)40-36(41-35(30)42-15-23-7-8-24(16-42)39-23)46-17-22(20-5-6-20)14-43-25-9-10-26(43)19-45-18-25/h1-4,11-13,20,22-26,39,44H,5-10,14-19H2. The Morgan fingerprint density at radius 1 is 0.978 bits per heavy atom. The molecule has 1 aromatic heterocycles. The van der Waals surface area contributed by atoms with Gasteiger partial charge in [-0.3, -0.25) is 4.90 Å². The number of hydrogen-bond acceptors (Lipinski definition) is 8. The molecular formula is C36H39ClFN5O3. The van der Waals surface area contributed by atoms with Gasteiger partial charge in [0.1, 0.15) is 17.1 Å². The highest BCUT2D eigenvalue weighted by Crippen LogP contribution is 2.44. The first-order chi connectivity index (χ1) is 22.5. The zero-order valence-electron chi connectivity index (χ0n) is 25.8. The highest BCUT2D eigenvalue weighted by atomic mass is 35.5. The summed E-state index contributed by atoms with van der Waals surface area (Å²) in [6, 6.07) is 14.6. The maximum Gasteiger partial charge on any atom is 0.319 e. The number of halogens is 2. The average Bonchev–Trinajstić information content (AvgIpc) is 3.81. The summed E-state index contributed by atoms with van der Waals surface area (Å²) in [5.74, 6) is 1.18. The van der Waals surface area contributed by atoms with E-state index in [1.54, 1.807) is 18.2 Å². The molecule has 46 heavy (non-hydrogen) atoms. The molecule has 4 aliphatic heterocycles. The molecule has 4 bridgehead atoms. The predicted octanol–water partition coefficient (Wildman–Crippen LogP) is 6.16. The normalized spacial score (nSPS) is 26.7. The van der Waals surface area contributed by atoms with Crippen LogP contribution in [-0.2, 0) is 4.74 Å². The first-order valence-electron chi connectivity index (χ1n) is 16.9. The van der Waals surface area contributed by atoms with Gasteiger partial charge in [0.15, 0.2) is 5.82 Å². The molecule has 5 atom stereocenters. The van der Waals surface area contributed by atoms with E-state index in [0.29, 0.717) is 59.4 Å². The van der Waals surface area contributed by atoms with Gasteiger partial charge in [0.2, 0.25) is 0 Å². The van der Waals surface area contributed by atoms with E-state index >= 15 is 4.39 Å². The monoisotopic (exact) mass is 643 g/mol. The number of anilines is 1. The number of phenols is 1. The van der Waals surface area contributed by atoms with Crippen molar-refractivity contribution in [3.63, 3.8) is 0 Å². The number of aromatic nitrogens is 2. The molecule has 3 aromatic carbocycles. The van der Waals surface area contributed by atoms with Gasteiger partial charge in [-0.05, 0) is 79.0 Å². The first-order valence-corrected chi connectivity index (χ1v) is 17.3. The lowest BCUT2D eigenvalue weighted by atomic mass is 9.96. The number of aromatic hydroxyl groups is 1. The van der Waals surface area contributed by atoms with Crippen molar-refractivity contribution in [1.29, 1.82) is 0 Å². The van der Waals surface area contributed by atoms with Crippen LogP contribution in [0.25, 0.3) is 32.8 Å². The topological polar surface area (TPSA) is 83.0 Å². The minimum Gasteiger partial charge on any atom is -0.508 e. The summed E-state index contributed by atoms with van der Waals surface area (Å²) in [5, 5.41) is 16.7. The average molecular weight is 644 g/mol. The summed E-state index contributed by atoms with van der Waals surface area (Å²) in [6.07, 6.45) is 7.07. The van der Waals surface area contributed by atoms with Crippen molar-refractivity contribution in [3.8, 4) is 22.9 Å². The third kappa shape index (κ3) is 5.16. The van der Waals surface area contributed by atoms with Crippen LogP contribution in [0.15, 0.2) is 42.5 Å². The number of piperazine rings is 1. The van der Waals surface area contributed by atoms with Crippen molar-refractivity contribution in [2.24, 2.45) is 11.8 Å². The fraction of sp³-hybridized carbons (Fsp3) is 0.500. The van der Waals surface area contributed by atoms with E-state index in [4.69, 9.17) is 31.0 Å². The van der Waals surface area contributed by atoms with E-state index in [0.717, 1.165) is 56.5 Å². The van der Waals surface area contributed by atoms with Crippen LogP contribution in [0.3, 0.4) is 0 Å². The number of fused-ring (bicyclic) bond motifs is 6. The molecule has 5 fully saturated rings. The van der Waals surface area contributed by atoms with Crippen LogP contribution in [0.2, 0.25) is 5.02 Å². The molecule has 1 aliphatic carbocycles. The van der Waals surface area contributed by atoms with Gasteiger partial charge in [-0.15, -0.1) is 0 Å². The number of ether oxygens (including phenoxy) is 2. The number of nitrogens with one attached hydrogen (secondary N) is 1. The SMILES string of the molecule is Oc1cc(-c2c(Cl)cc3c(N4CC5CCC(C4)N5)nc(OCC(CN4C5CCC4COC5)C4CC4)nc3c2F)c2ccccc2c1. The second-order valence-electron chi connectivity index (χ2n) is 14.1. The first kappa shape index (κ1) is 28.9. The molecule has 0 amide bonds. The molecule has 0 spiro atoms. The lowest BCUT2D eigenvalue weighted by molar-refractivity contribution is -0.0261. The summed E-state index contributed by atoms with van der Waals surface area (Å²) in [7, 11) is 0. The van der Waals surface area contributed by atoms with Crippen LogP contribution in [0.4, 0.5) is 10.2 Å². The van der Waals surface area contributed by atoms with Gasteiger partial charge < -0.3 is 24.8 Å². The molecule has 0 radical (unpaired) electrons. The van der Waals surface area contributed by atoms with Crippen LogP contribution in [0.5, 0.6) is 11.8 Å². The Kier molecular flexibility index (Phi) is 7.22. The van der Waals surface area contributed by atoms with E-state index in [1.807, 2.05) is 24.3 Å². The second-order valence-corrected chi connectivity index (χ2v) is 14.5. The molecule has 5 aliphatic rings. The summed E-state index contributed by atoms with van der Waals surface area (Å²) < 4.78 is 29.3. The highest BCUT2D eigenvalue weighted by molar-refractivity contribution is 6.35. The van der Waals surface area contributed by atoms with Gasteiger partial charge >= 0.3 is 6.01 Å². The lowest BCUT2D eigenvalue weighted by Crippen LogP contribution is -2.51. The van der Waals surface area contributed by atoms with E-state index in [2.05, 4.69) is 15.1 Å². The van der Waals surface area contributed by atoms with Crippen LogP contribution in [0.1, 0.15) is 38.5 Å². The zero-order chi connectivity index (χ0) is 30.9. The number of nitrogens with zero attached hydrogens (tertiary/aromatic N) is 4. The van der Waals surface area contributed by atoms with E-state index in [-0.39, 0.29) is 27.9 Å². The maximum atomic E-state index is 16.9. The number of hydrogen-bond donors (Lipinski definition) is 2. The largest absolute Gasteiger partial charge is 0.508 e. The number of rotatable bonds is 8. The minimum atomic E-state index is -0.534. The molecule has 240 valence electrons. The fourth-order valence-electron chi connectivity index (χ4n) is 8.55. The predicted molar refractivity (Wildman–Crippen MR) is 177 cm³/mol. The second kappa shape index (κ2) is 11.5. The molecule has 4 saturated heterocycles. The van der Waals surface area contributed by atoms with Crippen molar-refractivity contribution >= 4 is 39.1 Å². The van der Waals surface area contributed by atoms with Gasteiger partial charge in [0.25, 0.3) is 0 Å². The zero-order valence-corrected chi connectivity index (χ0v) is 26.6. The molecule has 9 rings (SSSR count). The molecule has 5 heterocycles. The Hall–Kier alpha value is -3.24. The number of benzene rings is 3. The summed E-state index contributed by atoms with van der Waals surface area (Å²) in [6.45, 7) is 4.69. The molecule has 10 heteroatoms. The van der Waals surface area contributed by atoms with E-state index in [9.17, 15) is 5.11 Å². The highest BCUT2D eigenvalue weighted by Gasteiger charge is 2.42. The van der Waals surface area contributed by atoms with Crippen LogP contribution < -0.4 is 15.0 Å². The Bertz CT molecular complexity index is 1790. The van der Waals surface area contributed by atoms with Crippen LogP contribution >= 0.6 is 11.6 Å². The number of phenolic OH excluding ortho intramolecular Hbond substituents is 1. The van der Waals surface area contributed by atoms with Gasteiger partial charge in [-0.2, -0.15) is 9.97 Å². The van der Waals surface area contributed by atoms with Crippen molar-refractivity contribution in [2.45, 2.75) is 62.7 Å². The van der Waals surface area contributed by atoms with Crippen LogP contribution in [0, 0.1) is 17.7 Å². The lowest BCUT2D eigenvalue weighted by Gasteiger charge is -2.37. The molecular weight excluding hydrogens is 605 g/mol. The smallest absolute Gasteiger partial charge is 0.319 e. The van der Waals surface area contributed by atoms with Gasteiger partial charge in [0, 0.05) is 60.7 Å². The quantitative estimate of drug-likeness (QED) is 0.236. The summed E-state index contributed by atoms with van der Waals surface area (Å²) in [4.78, 5) is 14.6. The van der Waals surface area contributed by atoms with E-state index < -0.39 is 5.82 Å². The Labute approximate surface area is 272 Å². The molecule has 1 saturated carbocycles. The number of morpholine rings is 1. The molecule has 4 aromatic rings. The molecule has 5 unspecified atom stereocenters. The van der Waals surface area contributed by atoms with Crippen molar-refractivity contribution < 1.29 is 19.0 Å². The molecule has 2 N–H and O–H groups in total. The van der Waals surface area contributed by atoms with E-state index in [1.165, 1.54) is 25.7 Å². The van der Waals surface area contributed by atoms with Crippen LogP contribution in [-0.4, -0.2) is 83.6 Å². The van der Waals surface area contributed by atoms with Crippen molar-refractivity contribution in [3.05, 3.63) is 53.3 Å². The molecule has 8 nitrogen and oxygen atoms in total. The third-order valence-electron chi connectivity index (χ3n) is 11.0. The Morgan fingerprint density at radius 3 is 2.50 bits per heavy atom. The maximum absolute atomic E-state index is 16.9. The Morgan fingerprint density at radius 2 is 1.74 bits per heavy atom. The Balaban J connectivity index is 1.11. The van der Waals surface area contributed by atoms with Crippen molar-refractivity contribution in [1.82, 2.24) is 20.2 Å². The van der Waals surface area contributed by atoms with Crippen molar-refractivity contribution in [2.75, 3.05) is 44.4 Å². The summed E-state index contributed by atoms with van der Waals surface area (Å²) in [5.41, 5.74) is 0.930. The fourth-order valence-corrected chi connectivity index (χ4v) is 8.85.